The van der Waals surface area contributed by atoms with E-state index in [1.807, 2.05) is 24.1 Å². The fourth-order valence-electron chi connectivity index (χ4n) is 4.24. The quantitative estimate of drug-likeness (QED) is 0.282. The van der Waals surface area contributed by atoms with Gasteiger partial charge < -0.3 is 9.47 Å². The minimum atomic E-state index is -1.09. The van der Waals surface area contributed by atoms with E-state index in [4.69, 9.17) is 9.47 Å². The zero-order valence-electron chi connectivity index (χ0n) is 18.2. The maximum atomic E-state index is 14.0. The minimum Gasteiger partial charge on any atom is -0.465 e. The molecule has 0 bridgehead atoms. The number of carbonyl (C=O) groups excluding carboxylic acids is 2. The molecule has 4 aromatic rings. The van der Waals surface area contributed by atoms with Gasteiger partial charge >= 0.3 is 11.9 Å². The molecule has 174 valence electrons. The second-order valence-electron chi connectivity index (χ2n) is 7.54. The molecule has 10 heteroatoms. The van der Waals surface area contributed by atoms with Crippen LogP contribution in [0, 0.1) is 0 Å². The number of rotatable bonds is 5. The molecule has 34 heavy (non-hydrogen) atoms. The van der Waals surface area contributed by atoms with Crippen molar-refractivity contribution in [3.63, 3.8) is 0 Å². The van der Waals surface area contributed by atoms with Crippen LogP contribution in [0.25, 0.3) is 20.4 Å². The zero-order chi connectivity index (χ0) is 23.4. The molecule has 4 aromatic heterocycles. The zero-order valence-corrected chi connectivity index (χ0v) is 23.1. The van der Waals surface area contributed by atoms with Gasteiger partial charge in [-0.15, -0.1) is 57.1 Å². The Bertz CT molecular complexity index is 1540. The third-order valence-electron chi connectivity index (χ3n) is 5.67. The number of thiophene rings is 4. The highest BCUT2D eigenvalue weighted by molar-refractivity contribution is 8.09. The van der Waals surface area contributed by atoms with Crippen molar-refractivity contribution in [1.82, 2.24) is 0 Å². The van der Waals surface area contributed by atoms with Crippen LogP contribution in [0.5, 0.6) is 0 Å². The molecule has 0 fully saturated rings. The Balaban J connectivity index is 1.69. The maximum Gasteiger partial charge on any atom is 0.340 e. The molecular weight excluding hydrogens is 545 g/mol. The van der Waals surface area contributed by atoms with E-state index in [-0.39, 0.29) is 18.5 Å². The first-order chi connectivity index (χ1) is 16.6. The number of ether oxygens (including phenoxy) is 2. The Morgan fingerprint density at radius 1 is 1.06 bits per heavy atom. The summed E-state index contributed by atoms with van der Waals surface area (Å²) in [5, 5.41) is 3.90. The summed E-state index contributed by atoms with van der Waals surface area (Å²) in [7, 11) is 0. The Morgan fingerprint density at radius 3 is 2.68 bits per heavy atom. The van der Waals surface area contributed by atoms with E-state index in [2.05, 4.69) is 29.7 Å². The summed E-state index contributed by atoms with van der Waals surface area (Å²) in [6.07, 6.45) is 2.24. The molecule has 0 amide bonds. The summed E-state index contributed by atoms with van der Waals surface area (Å²) in [6.45, 7) is 4.23. The Morgan fingerprint density at radius 2 is 1.91 bits per heavy atom. The van der Waals surface area contributed by atoms with Crippen molar-refractivity contribution in [2.45, 2.75) is 29.1 Å². The molecule has 0 saturated carbocycles. The summed E-state index contributed by atoms with van der Waals surface area (Å²) in [5.74, 6) is 0.345. The third kappa shape index (κ3) is 3.30. The van der Waals surface area contributed by atoms with Crippen LogP contribution in [-0.4, -0.2) is 30.9 Å². The Kier molecular flexibility index (Phi) is 5.94. The summed E-state index contributed by atoms with van der Waals surface area (Å²) in [6, 6.07) is 6.42. The normalized spacial score (nSPS) is 20.3. The second kappa shape index (κ2) is 8.83. The van der Waals surface area contributed by atoms with E-state index in [9.17, 15) is 9.59 Å². The standard InChI is InChI=1S/C24H18O4S6/c1-3-27-22(25)12-11-31-21-19(12)34-20(17-9-15-13(32-17)5-7-29-15)24(21,23(26)28-4-2)18-10-16-14(33-18)6-8-30-16/h5-6,8-11H,3-4,7H2,1-2H3. The first-order valence-corrected chi connectivity index (χ1v) is 15.9. The first kappa shape index (κ1) is 22.9. The molecule has 6 heterocycles. The fraction of sp³-hybridized carbons (Fsp3) is 0.250. The highest BCUT2D eigenvalue weighted by Gasteiger charge is 2.56. The van der Waals surface area contributed by atoms with Crippen LogP contribution in [0.15, 0.2) is 38.8 Å². The van der Waals surface area contributed by atoms with Gasteiger partial charge in [-0.25, -0.2) is 4.79 Å². The van der Waals surface area contributed by atoms with Gasteiger partial charge in [0.25, 0.3) is 0 Å². The van der Waals surface area contributed by atoms with Crippen molar-refractivity contribution in [1.29, 1.82) is 0 Å². The lowest BCUT2D eigenvalue weighted by Crippen LogP contribution is -2.38. The van der Waals surface area contributed by atoms with E-state index < -0.39 is 5.41 Å². The lowest BCUT2D eigenvalue weighted by molar-refractivity contribution is -0.146. The summed E-state index contributed by atoms with van der Waals surface area (Å²) < 4.78 is 15.7. The molecule has 0 radical (unpaired) electrons. The van der Waals surface area contributed by atoms with Crippen molar-refractivity contribution >= 4 is 101 Å². The van der Waals surface area contributed by atoms with Crippen molar-refractivity contribution in [3.8, 4) is 0 Å². The van der Waals surface area contributed by atoms with Crippen LogP contribution in [0.3, 0.4) is 0 Å². The molecule has 0 N–H and O–H groups in total. The molecule has 6 rings (SSSR count). The van der Waals surface area contributed by atoms with Crippen molar-refractivity contribution < 1.29 is 19.1 Å². The molecular formula is C24H18O4S6. The highest BCUT2D eigenvalue weighted by atomic mass is 32.2. The van der Waals surface area contributed by atoms with Gasteiger partial charge in [0.15, 0.2) is 5.41 Å². The second-order valence-corrected chi connectivity index (χ2v) is 13.6. The van der Waals surface area contributed by atoms with E-state index in [1.165, 1.54) is 32.5 Å². The smallest absolute Gasteiger partial charge is 0.340 e. The van der Waals surface area contributed by atoms with Gasteiger partial charge in [-0.3, -0.25) is 4.79 Å². The Labute approximate surface area is 220 Å². The lowest BCUT2D eigenvalue weighted by atomic mass is 9.83. The van der Waals surface area contributed by atoms with Gasteiger partial charge in [-0.05, 0) is 37.4 Å². The summed E-state index contributed by atoms with van der Waals surface area (Å²) in [4.78, 5) is 31.6. The number of esters is 2. The van der Waals surface area contributed by atoms with Crippen molar-refractivity contribution in [3.05, 3.63) is 53.3 Å². The van der Waals surface area contributed by atoms with Gasteiger partial charge in [0.05, 0.1) is 18.8 Å². The van der Waals surface area contributed by atoms with Crippen molar-refractivity contribution in [2.75, 3.05) is 19.0 Å². The molecule has 1 unspecified atom stereocenters. The van der Waals surface area contributed by atoms with Crippen LogP contribution < -0.4 is 9.06 Å². The first-order valence-electron chi connectivity index (χ1n) is 10.7. The Hall–Kier alpha value is -1.56. The molecule has 0 aliphatic carbocycles. The number of thioether (sulfide) groups is 2. The SMILES string of the molecule is CCOC(=O)c1csc2c1SC(=c1cc3c(s1)=CCS3)C2(C(=O)OCC)c1cc2sccc2s1. The molecule has 0 saturated heterocycles. The van der Waals surface area contributed by atoms with E-state index in [0.29, 0.717) is 12.2 Å². The molecule has 0 aromatic carbocycles. The number of carbonyl (C=O) groups is 2. The molecule has 0 spiro atoms. The predicted octanol–water partition coefficient (Wildman–Crippen LogP) is 5.91. The molecule has 4 nitrogen and oxygen atoms in total. The number of hydrogen-bond donors (Lipinski definition) is 0. The highest BCUT2D eigenvalue weighted by Crippen LogP contribution is 2.62. The average Bonchev–Trinajstić information content (AvgIpc) is 3.60. The third-order valence-corrected chi connectivity index (χ3v) is 12.9. The molecule has 1 atom stereocenters. The lowest BCUT2D eigenvalue weighted by Gasteiger charge is -2.27. The van der Waals surface area contributed by atoms with Crippen molar-refractivity contribution in [2.24, 2.45) is 0 Å². The van der Waals surface area contributed by atoms with Crippen LogP contribution >= 0.6 is 68.9 Å². The van der Waals surface area contributed by atoms with Gasteiger partial charge in [0.1, 0.15) is 0 Å². The fourth-order valence-corrected chi connectivity index (χ4v) is 12.1. The molecule has 2 aliphatic rings. The van der Waals surface area contributed by atoms with Crippen LogP contribution in [0.2, 0.25) is 0 Å². The number of fused-ring (bicyclic) bond motifs is 3. The number of hydrogen-bond acceptors (Lipinski definition) is 10. The summed E-state index contributed by atoms with van der Waals surface area (Å²) in [5.41, 5.74) is -0.558. The van der Waals surface area contributed by atoms with Crippen LogP contribution in [-0.2, 0) is 19.7 Å². The van der Waals surface area contributed by atoms with Crippen LogP contribution in [0.1, 0.15) is 34.0 Å². The average molecular weight is 563 g/mol. The maximum absolute atomic E-state index is 14.0. The van der Waals surface area contributed by atoms with E-state index >= 15 is 0 Å². The molecule has 2 aliphatic heterocycles. The largest absolute Gasteiger partial charge is 0.465 e. The predicted molar refractivity (Wildman–Crippen MR) is 145 cm³/mol. The monoisotopic (exact) mass is 562 g/mol. The van der Waals surface area contributed by atoms with Gasteiger partial charge in [-0.2, -0.15) is 0 Å². The van der Waals surface area contributed by atoms with Gasteiger partial charge in [0, 0.05) is 54.0 Å². The van der Waals surface area contributed by atoms with Crippen LogP contribution in [0.4, 0.5) is 0 Å². The van der Waals surface area contributed by atoms with E-state index in [0.717, 1.165) is 39.2 Å². The summed E-state index contributed by atoms with van der Waals surface area (Å²) >= 11 is 9.81. The van der Waals surface area contributed by atoms with Gasteiger partial charge in [-0.1, -0.05) is 17.8 Å². The van der Waals surface area contributed by atoms with E-state index in [1.54, 1.807) is 40.9 Å². The minimum absolute atomic E-state index is 0.285. The van der Waals surface area contributed by atoms with Gasteiger partial charge in [0.2, 0.25) is 0 Å². The topological polar surface area (TPSA) is 52.6 Å².